The number of allylic oxidation sites excluding steroid dienone is 2. The Bertz CT molecular complexity index is 155. The Hall–Kier alpha value is -0.383. The van der Waals surface area contributed by atoms with E-state index in [0.29, 0.717) is 0 Å². The van der Waals surface area contributed by atoms with Crippen molar-refractivity contribution in [2.45, 2.75) is 13.8 Å². The molecule has 1 heterocycles. The Labute approximate surface area is 68.8 Å². The van der Waals surface area contributed by atoms with Gasteiger partial charge in [0, 0.05) is 13.2 Å². The Morgan fingerprint density at radius 3 is 1.82 bits per heavy atom. The summed E-state index contributed by atoms with van der Waals surface area (Å²) in [5, 5.41) is 0. The van der Waals surface area contributed by atoms with Crippen LogP contribution in [-0.4, -0.2) is 21.8 Å². The molecule has 0 saturated heterocycles. The van der Waals surface area contributed by atoms with Gasteiger partial charge in [0.25, 0.3) is 0 Å². The van der Waals surface area contributed by atoms with E-state index in [1.807, 2.05) is 26.0 Å². The van der Waals surface area contributed by atoms with Crippen LogP contribution in [0.2, 0.25) is 0 Å². The second kappa shape index (κ2) is 3.85. The highest BCUT2D eigenvalue weighted by Gasteiger charge is 2.32. The standard InChI is InChI=1S/C8H14O2Si/c1-3-9-11(10-4-2)7-5-6-8-11/h5-8H,3-4H2,1-2H3. The van der Waals surface area contributed by atoms with E-state index in [0.717, 1.165) is 13.2 Å². The van der Waals surface area contributed by atoms with Crippen molar-refractivity contribution >= 4 is 8.56 Å². The third-order valence-electron chi connectivity index (χ3n) is 1.51. The first-order valence-electron chi connectivity index (χ1n) is 3.98. The van der Waals surface area contributed by atoms with Crippen molar-refractivity contribution in [3.05, 3.63) is 23.6 Å². The highest BCUT2D eigenvalue weighted by Crippen LogP contribution is 2.16. The van der Waals surface area contributed by atoms with E-state index < -0.39 is 8.56 Å². The van der Waals surface area contributed by atoms with Crippen molar-refractivity contribution < 1.29 is 8.85 Å². The zero-order valence-electron chi connectivity index (χ0n) is 7.04. The summed E-state index contributed by atoms with van der Waals surface area (Å²) < 4.78 is 11.1. The summed E-state index contributed by atoms with van der Waals surface area (Å²) in [6, 6.07) is 0. The molecule has 0 aromatic heterocycles. The van der Waals surface area contributed by atoms with Gasteiger partial charge in [-0.2, -0.15) is 0 Å². The molecule has 0 aromatic rings. The van der Waals surface area contributed by atoms with Gasteiger partial charge in [0.2, 0.25) is 0 Å². The van der Waals surface area contributed by atoms with Gasteiger partial charge in [0.15, 0.2) is 0 Å². The molecule has 0 saturated carbocycles. The minimum atomic E-state index is -1.99. The van der Waals surface area contributed by atoms with E-state index in [9.17, 15) is 0 Å². The lowest BCUT2D eigenvalue weighted by atomic mass is 10.6. The fraction of sp³-hybridized carbons (Fsp3) is 0.500. The van der Waals surface area contributed by atoms with Crippen LogP contribution in [0.1, 0.15) is 13.8 Å². The average molecular weight is 170 g/mol. The quantitative estimate of drug-likeness (QED) is 0.598. The fourth-order valence-corrected chi connectivity index (χ4v) is 3.36. The largest absolute Gasteiger partial charge is 0.392 e. The smallest absolute Gasteiger partial charge is 0.389 e. The third-order valence-corrected chi connectivity index (χ3v) is 4.30. The summed E-state index contributed by atoms with van der Waals surface area (Å²) in [6.07, 6.45) is 4.00. The van der Waals surface area contributed by atoms with E-state index in [-0.39, 0.29) is 0 Å². The van der Waals surface area contributed by atoms with E-state index in [2.05, 4.69) is 11.4 Å². The van der Waals surface area contributed by atoms with Gasteiger partial charge in [-0.15, -0.1) is 0 Å². The first-order valence-corrected chi connectivity index (χ1v) is 5.95. The summed E-state index contributed by atoms with van der Waals surface area (Å²) >= 11 is 0. The summed E-state index contributed by atoms with van der Waals surface area (Å²) in [5.74, 6) is 0. The zero-order valence-corrected chi connectivity index (χ0v) is 8.04. The van der Waals surface area contributed by atoms with Crippen LogP contribution in [0.15, 0.2) is 23.6 Å². The summed E-state index contributed by atoms with van der Waals surface area (Å²) in [4.78, 5) is 0. The van der Waals surface area contributed by atoms with Crippen LogP contribution >= 0.6 is 0 Å². The second-order valence-corrected chi connectivity index (χ2v) is 4.99. The van der Waals surface area contributed by atoms with E-state index in [1.165, 1.54) is 0 Å². The molecule has 0 radical (unpaired) electrons. The second-order valence-electron chi connectivity index (χ2n) is 2.31. The number of hydrogen-bond donors (Lipinski definition) is 0. The van der Waals surface area contributed by atoms with E-state index in [4.69, 9.17) is 8.85 Å². The van der Waals surface area contributed by atoms with Crippen molar-refractivity contribution in [1.29, 1.82) is 0 Å². The molecule has 62 valence electrons. The Morgan fingerprint density at radius 1 is 1.00 bits per heavy atom. The molecule has 0 spiro atoms. The summed E-state index contributed by atoms with van der Waals surface area (Å²) in [7, 11) is -1.99. The molecule has 3 heteroatoms. The predicted octanol–water partition coefficient (Wildman–Crippen LogP) is 1.71. The van der Waals surface area contributed by atoms with Crippen LogP contribution in [0.4, 0.5) is 0 Å². The van der Waals surface area contributed by atoms with Crippen LogP contribution in [0.3, 0.4) is 0 Å². The monoisotopic (exact) mass is 170 g/mol. The van der Waals surface area contributed by atoms with Gasteiger partial charge >= 0.3 is 8.56 Å². The van der Waals surface area contributed by atoms with Crippen molar-refractivity contribution in [2.24, 2.45) is 0 Å². The molecule has 0 bridgehead atoms. The Kier molecular flexibility index (Phi) is 3.05. The van der Waals surface area contributed by atoms with E-state index in [1.54, 1.807) is 0 Å². The molecule has 0 N–H and O–H groups in total. The molecule has 2 nitrogen and oxygen atoms in total. The van der Waals surface area contributed by atoms with Gasteiger partial charge < -0.3 is 8.85 Å². The average Bonchev–Trinajstić information content (AvgIpc) is 2.39. The SMILES string of the molecule is CCO[Si]1(OCC)C=CC=C1. The minimum Gasteiger partial charge on any atom is -0.389 e. The molecular weight excluding hydrogens is 156 g/mol. The molecule has 1 rings (SSSR count). The minimum absolute atomic E-state index is 0.723. The maximum atomic E-state index is 5.57. The lowest BCUT2D eigenvalue weighted by Crippen LogP contribution is -2.37. The van der Waals surface area contributed by atoms with Crippen molar-refractivity contribution in [2.75, 3.05) is 13.2 Å². The Morgan fingerprint density at radius 2 is 1.45 bits per heavy atom. The Balaban J connectivity index is 2.56. The molecule has 1 aliphatic rings. The van der Waals surface area contributed by atoms with Gasteiger partial charge in [-0.25, -0.2) is 0 Å². The maximum absolute atomic E-state index is 5.57. The van der Waals surface area contributed by atoms with Gasteiger partial charge in [-0.3, -0.25) is 0 Å². The normalized spacial score (nSPS) is 19.5. The molecular formula is C8H14O2Si. The van der Waals surface area contributed by atoms with Crippen LogP contribution in [0.25, 0.3) is 0 Å². The van der Waals surface area contributed by atoms with Crippen LogP contribution in [-0.2, 0) is 8.85 Å². The molecule has 1 aliphatic heterocycles. The third kappa shape index (κ3) is 2.02. The molecule has 0 atom stereocenters. The van der Waals surface area contributed by atoms with Gasteiger partial charge in [0.1, 0.15) is 0 Å². The molecule has 0 aromatic carbocycles. The number of hydrogen-bond acceptors (Lipinski definition) is 2. The lowest BCUT2D eigenvalue weighted by molar-refractivity contribution is 0.206. The van der Waals surface area contributed by atoms with Crippen LogP contribution in [0, 0.1) is 0 Å². The van der Waals surface area contributed by atoms with E-state index >= 15 is 0 Å². The maximum Gasteiger partial charge on any atom is 0.392 e. The van der Waals surface area contributed by atoms with Gasteiger partial charge in [-0.05, 0) is 25.2 Å². The molecule has 11 heavy (non-hydrogen) atoms. The van der Waals surface area contributed by atoms with Crippen molar-refractivity contribution in [3.8, 4) is 0 Å². The predicted molar refractivity (Wildman–Crippen MR) is 47.3 cm³/mol. The molecule has 0 amide bonds. The fourth-order valence-electron chi connectivity index (χ4n) is 1.12. The van der Waals surface area contributed by atoms with Gasteiger partial charge in [-0.1, -0.05) is 12.2 Å². The zero-order chi connectivity index (χ0) is 8.16. The molecule has 0 aliphatic carbocycles. The molecule has 0 unspecified atom stereocenters. The summed E-state index contributed by atoms with van der Waals surface area (Å²) in [5.41, 5.74) is 4.11. The highest BCUT2D eigenvalue weighted by atomic mass is 28.4. The lowest BCUT2D eigenvalue weighted by Gasteiger charge is -2.20. The number of rotatable bonds is 4. The topological polar surface area (TPSA) is 18.5 Å². The van der Waals surface area contributed by atoms with Crippen molar-refractivity contribution in [1.82, 2.24) is 0 Å². The first kappa shape index (κ1) is 8.71. The van der Waals surface area contributed by atoms with Gasteiger partial charge in [0.05, 0.1) is 0 Å². The highest BCUT2D eigenvalue weighted by molar-refractivity contribution is 6.78. The molecule has 0 fully saturated rings. The van der Waals surface area contributed by atoms with Crippen LogP contribution < -0.4 is 0 Å². The van der Waals surface area contributed by atoms with Crippen LogP contribution in [0.5, 0.6) is 0 Å². The van der Waals surface area contributed by atoms with Crippen molar-refractivity contribution in [3.63, 3.8) is 0 Å². The summed E-state index contributed by atoms with van der Waals surface area (Å²) in [6.45, 7) is 5.43. The first-order chi connectivity index (χ1) is 5.33.